The van der Waals surface area contributed by atoms with Crippen LogP contribution < -0.4 is 11.1 Å². The maximum Gasteiger partial charge on any atom is 0.144 e. The number of aromatic nitrogens is 2. The third-order valence-electron chi connectivity index (χ3n) is 2.76. The van der Waals surface area contributed by atoms with E-state index < -0.39 is 0 Å². The van der Waals surface area contributed by atoms with Crippen molar-refractivity contribution in [3.8, 4) is 0 Å². The van der Waals surface area contributed by atoms with Gasteiger partial charge in [0.05, 0.1) is 18.5 Å². The molecule has 1 rings (SSSR count). The molecule has 1 aromatic rings. The number of nitrogens with two attached hydrogens (primary N) is 1. The fourth-order valence-electron chi connectivity index (χ4n) is 1.64. The lowest BCUT2D eigenvalue weighted by Crippen LogP contribution is -2.28. The molecule has 0 amide bonds. The molecule has 0 aliphatic heterocycles. The zero-order chi connectivity index (χ0) is 12.0. The van der Waals surface area contributed by atoms with Gasteiger partial charge in [-0.15, -0.1) is 0 Å². The summed E-state index contributed by atoms with van der Waals surface area (Å²) in [6.45, 7) is 4.66. The van der Waals surface area contributed by atoms with Gasteiger partial charge >= 0.3 is 0 Å². The first-order chi connectivity index (χ1) is 7.67. The number of aliphatic hydroxyl groups is 1. The summed E-state index contributed by atoms with van der Waals surface area (Å²) in [4.78, 5) is 7.96. The summed E-state index contributed by atoms with van der Waals surface area (Å²) in [5.41, 5.74) is 5.42. The molecular weight excluding hydrogens is 204 g/mol. The first kappa shape index (κ1) is 12.7. The molecule has 5 heteroatoms. The molecule has 1 atom stereocenters. The van der Waals surface area contributed by atoms with E-state index in [1.807, 2.05) is 0 Å². The summed E-state index contributed by atoms with van der Waals surface area (Å²) in [7, 11) is 0. The maximum absolute atomic E-state index is 9.89. The van der Waals surface area contributed by atoms with Gasteiger partial charge in [-0.3, -0.25) is 0 Å². The number of nitrogen functional groups attached to an aromatic ring is 1. The van der Waals surface area contributed by atoms with Gasteiger partial charge < -0.3 is 16.2 Å². The maximum atomic E-state index is 9.89. The molecule has 0 spiro atoms. The summed E-state index contributed by atoms with van der Waals surface area (Å²) in [6, 6.07) is 0. The summed E-state index contributed by atoms with van der Waals surface area (Å²) < 4.78 is 0. The second-order valence-electron chi connectivity index (χ2n) is 3.85. The van der Waals surface area contributed by atoms with Gasteiger partial charge in [0.2, 0.25) is 0 Å². The van der Waals surface area contributed by atoms with Crippen LogP contribution in [0.4, 0.5) is 11.6 Å². The van der Waals surface area contributed by atoms with Crippen molar-refractivity contribution in [2.24, 2.45) is 5.92 Å². The zero-order valence-electron chi connectivity index (χ0n) is 9.85. The lowest BCUT2D eigenvalue weighted by Gasteiger charge is -2.20. The molecule has 16 heavy (non-hydrogen) atoms. The molecule has 0 aliphatic carbocycles. The number of hydrogen-bond donors (Lipinski definition) is 3. The van der Waals surface area contributed by atoms with Crippen LogP contribution in [0.3, 0.4) is 0 Å². The second-order valence-corrected chi connectivity index (χ2v) is 3.85. The molecule has 1 unspecified atom stereocenters. The summed E-state index contributed by atoms with van der Waals surface area (Å²) in [5, 5.41) is 12.9. The number of aliphatic hydroxyl groups excluding tert-OH is 1. The normalized spacial score (nSPS) is 12.8. The number of hydrogen-bond acceptors (Lipinski definition) is 5. The Bertz CT molecular complexity index is 297. The minimum absolute atomic E-state index is 0.328. The van der Waals surface area contributed by atoms with Crippen molar-refractivity contribution >= 4 is 11.6 Å². The predicted molar refractivity (Wildman–Crippen MR) is 65.0 cm³/mol. The minimum atomic E-state index is -0.352. The van der Waals surface area contributed by atoms with Gasteiger partial charge in [0.15, 0.2) is 0 Å². The van der Waals surface area contributed by atoms with Crippen LogP contribution in [0.2, 0.25) is 0 Å². The van der Waals surface area contributed by atoms with Crippen molar-refractivity contribution < 1.29 is 5.11 Å². The number of nitrogens with one attached hydrogen (secondary N) is 1. The highest BCUT2D eigenvalue weighted by molar-refractivity contribution is 5.35. The highest BCUT2D eigenvalue weighted by Crippen LogP contribution is 2.13. The standard InChI is InChI=1S/C11H20N4O/c1-3-8(4-2)9(16)5-14-11-7-13-10(12)6-15-11/h6-9,16H,3-5H2,1-2H3,(H2,12,13)(H,14,15). The van der Waals surface area contributed by atoms with Crippen LogP contribution in [0.25, 0.3) is 0 Å². The Morgan fingerprint density at radius 1 is 1.31 bits per heavy atom. The molecule has 0 fully saturated rings. The van der Waals surface area contributed by atoms with E-state index in [9.17, 15) is 5.11 Å². The third-order valence-corrected chi connectivity index (χ3v) is 2.76. The van der Waals surface area contributed by atoms with Crippen molar-refractivity contribution in [3.05, 3.63) is 12.4 Å². The van der Waals surface area contributed by atoms with Crippen LogP contribution in [0.15, 0.2) is 12.4 Å². The van der Waals surface area contributed by atoms with Gasteiger partial charge in [-0.1, -0.05) is 26.7 Å². The van der Waals surface area contributed by atoms with E-state index in [1.54, 1.807) is 6.20 Å². The van der Waals surface area contributed by atoms with Gasteiger partial charge in [-0.05, 0) is 5.92 Å². The molecule has 0 aromatic carbocycles. The smallest absolute Gasteiger partial charge is 0.144 e. The Balaban J connectivity index is 2.42. The fourth-order valence-corrected chi connectivity index (χ4v) is 1.64. The molecule has 0 saturated carbocycles. The van der Waals surface area contributed by atoms with Gasteiger partial charge in [-0.25, -0.2) is 9.97 Å². The molecule has 0 bridgehead atoms. The van der Waals surface area contributed by atoms with Crippen molar-refractivity contribution in [1.82, 2.24) is 9.97 Å². The highest BCUT2D eigenvalue weighted by atomic mass is 16.3. The Hall–Kier alpha value is -1.36. The van der Waals surface area contributed by atoms with Crippen LogP contribution in [0.5, 0.6) is 0 Å². The van der Waals surface area contributed by atoms with Crippen molar-refractivity contribution in [2.45, 2.75) is 32.8 Å². The van der Waals surface area contributed by atoms with Gasteiger partial charge in [0.25, 0.3) is 0 Å². The Kier molecular flexibility index (Phi) is 4.98. The third kappa shape index (κ3) is 3.66. The lowest BCUT2D eigenvalue weighted by molar-refractivity contribution is 0.114. The molecule has 0 aliphatic rings. The largest absolute Gasteiger partial charge is 0.391 e. The molecule has 0 saturated heterocycles. The zero-order valence-corrected chi connectivity index (χ0v) is 9.85. The summed E-state index contributed by atoms with van der Waals surface area (Å²) >= 11 is 0. The Morgan fingerprint density at radius 3 is 2.50 bits per heavy atom. The predicted octanol–water partition coefficient (Wildman–Crippen LogP) is 1.27. The van der Waals surface area contributed by atoms with Crippen LogP contribution in [-0.4, -0.2) is 27.7 Å². The first-order valence-corrected chi connectivity index (χ1v) is 5.66. The highest BCUT2D eigenvalue weighted by Gasteiger charge is 2.14. The van der Waals surface area contributed by atoms with Gasteiger partial charge in [0.1, 0.15) is 11.6 Å². The molecule has 1 aromatic heterocycles. The van der Waals surface area contributed by atoms with E-state index in [4.69, 9.17) is 5.73 Å². The Labute approximate surface area is 96.1 Å². The molecule has 1 heterocycles. The topological polar surface area (TPSA) is 84.1 Å². The average molecular weight is 224 g/mol. The number of anilines is 2. The molecule has 5 nitrogen and oxygen atoms in total. The first-order valence-electron chi connectivity index (χ1n) is 5.66. The fraction of sp³-hybridized carbons (Fsp3) is 0.636. The molecular formula is C11H20N4O. The lowest BCUT2D eigenvalue weighted by atomic mass is 9.97. The van der Waals surface area contributed by atoms with Crippen LogP contribution in [0, 0.1) is 5.92 Å². The second kappa shape index (κ2) is 6.27. The van der Waals surface area contributed by atoms with Crippen LogP contribution in [0.1, 0.15) is 26.7 Å². The van der Waals surface area contributed by atoms with Gasteiger partial charge in [0, 0.05) is 6.54 Å². The Morgan fingerprint density at radius 2 is 2.00 bits per heavy atom. The van der Waals surface area contributed by atoms with Gasteiger partial charge in [-0.2, -0.15) is 0 Å². The minimum Gasteiger partial charge on any atom is -0.391 e. The number of nitrogens with zero attached hydrogens (tertiary/aromatic N) is 2. The van der Waals surface area contributed by atoms with E-state index in [2.05, 4.69) is 29.1 Å². The van der Waals surface area contributed by atoms with Crippen molar-refractivity contribution in [3.63, 3.8) is 0 Å². The molecule has 4 N–H and O–H groups in total. The van der Waals surface area contributed by atoms with E-state index >= 15 is 0 Å². The SMILES string of the molecule is CCC(CC)C(O)CNc1cnc(N)cn1. The summed E-state index contributed by atoms with van der Waals surface area (Å²) in [5.74, 6) is 1.36. The summed E-state index contributed by atoms with van der Waals surface area (Å²) in [6.07, 6.45) is 4.66. The van der Waals surface area contributed by atoms with Crippen LogP contribution >= 0.6 is 0 Å². The van der Waals surface area contributed by atoms with Crippen LogP contribution in [-0.2, 0) is 0 Å². The average Bonchev–Trinajstić information content (AvgIpc) is 2.30. The number of rotatable bonds is 6. The van der Waals surface area contributed by atoms with E-state index in [-0.39, 0.29) is 6.10 Å². The molecule has 0 radical (unpaired) electrons. The van der Waals surface area contributed by atoms with Crippen molar-refractivity contribution in [2.75, 3.05) is 17.6 Å². The van der Waals surface area contributed by atoms with Crippen molar-refractivity contribution in [1.29, 1.82) is 0 Å². The van der Waals surface area contributed by atoms with E-state index in [0.29, 0.717) is 24.1 Å². The monoisotopic (exact) mass is 224 g/mol. The quantitative estimate of drug-likeness (QED) is 0.677. The van der Waals surface area contributed by atoms with E-state index in [0.717, 1.165) is 12.8 Å². The molecule has 90 valence electrons. The van der Waals surface area contributed by atoms with E-state index in [1.165, 1.54) is 6.20 Å².